The molecule has 0 aliphatic carbocycles. The molecule has 1 aromatic carbocycles. The van der Waals surface area contributed by atoms with E-state index in [-0.39, 0.29) is 24.8 Å². The van der Waals surface area contributed by atoms with Crippen molar-refractivity contribution >= 4 is 35.7 Å². The lowest BCUT2D eigenvalue weighted by Crippen LogP contribution is -2.42. The lowest BCUT2D eigenvalue weighted by Gasteiger charge is -2.31. The van der Waals surface area contributed by atoms with Crippen LogP contribution in [0.3, 0.4) is 0 Å². The van der Waals surface area contributed by atoms with Crippen LogP contribution >= 0.6 is 24.8 Å². The lowest BCUT2D eigenvalue weighted by atomic mass is 10.0. The molecular weight excluding hydrogens is 305 g/mol. The van der Waals surface area contributed by atoms with E-state index in [4.69, 9.17) is 5.73 Å². The van der Waals surface area contributed by atoms with Crippen LogP contribution in [0.1, 0.15) is 24.1 Å². The van der Waals surface area contributed by atoms with Crippen LogP contribution in [0, 0.1) is 6.92 Å². The van der Waals surface area contributed by atoms with E-state index in [0.29, 0.717) is 6.04 Å². The predicted octanol–water partition coefficient (Wildman–Crippen LogP) is 3.31. The Morgan fingerprint density at radius 2 is 2.05 bits per heavy atom. The number of hydrogen-bond donors (Lipinski definition) is 1. The molecule has 1 aromatic heterocycles. The number of benzene rings is 1. The maximum atomic E-state index is 6.07. The number of nitrogens with two attached hydrogens (primary N) is 1. The van der Waals surface area contributed by atoms with Gasteiger partial charge in [-0.05, 0) is 44.0 Å². The van der Waals surface area contributed by atoms with E-state index in [0.717, 1.165) is 37.3 Å². The summed E-state index contributed by atoms with van der Waals surface area (Å²) in [5.74, 6) is 0. The van der Waals surface area contributed by atoms with Gasteiger partial charge in [-0.2, -0.15) is 0 Å². The van der Waals surface area contributed by atoms with Crippen molar-refractivity contribution in [3.8, 4) is 0 Å². The zero-order chi connectivity index (χ0) is 13.2. The van der Waals surface area contributed by atoms with E-state index in [2.05, 4.69) is 47.1 Å². The Kier molecular flexibility index (Phi) is 6.88. The van der Waals surface area contributed by atoms with Gasteiger partial charge in [0.1, 0.15) is 0 Å². The molecular formula is C16H23Cl2N3. The molecule has 1 aliphatic heterocycles. The Morgan fingerprint density at radius 3 is 2.81 bits per heavy atom. The maximum Gasteiger partial charge on any atom is 0.0708 e. The number of para-hydroxylation sites is 1. The third-order valence-electron chi connectivity index (χ3n) is 3.87. The predicted molar refractivity (Wildman–Crippen MR) is 93.5 cm³/mol. The number of aromatic nitrogens is 1. The smallest absolute Gasteiger partial charge is 0.0708 e. The second kappa shape index (κ2) is 7.95. The van der Waals surface area contributed by atoms with Gasteiger partial charge in [0, 0.05) is 30.2 Å². The minimum atomic E-state index is 0. The summed E-state index contributed by atoms with van der Waals surface area (Å²) >= 11 is 0. The van der Waals surface area contributed by atoms with Crippen LogP contribution in [0.5, 0.6) is 0 Å². The fraction of sp³-hybridized carbons (Fsp3) is 0.438. The van der Waals surface area contributed by atoms with Crippen molar-refractivity contribution in [3.63, 3.8) is 0 Å². The molecule has 0 radical (unpaired) electrons. The molecule has 1 saturated heterocycles. The van der Waals surface area contributed by atoms with Crippen molar-refractivity contribution in [3.05, 3.63) is 41.6 Å². The number of likely N-dealkylation sites (tertiary alicyclic amines) is 1. The topological polar surface area (TPSA) is 42.1 Å². The molecule has 1 atom stereocenters. The van der Waals surface area contributed by atoms with Gasteiger partial charge < -0.3 is 5.73 Å². The molecule has 5 heteroatoms. The molecule has 3 nitrogen and oxygen atoms in total. The van der Waals surface area contributed by atoms with Gasteiger partial charge in [-0.1, -0.05) is 18.2 Å². The minimum absolute atomic E-state index is 0. The summed E-state index contributed by atoms with van der Waals surface area (Å²) in [6, 6.07) is 10.9. The molecule has 1 fully saturated rings. The fourth-order valence-corrected chi connectivity index (χ4v) is 3.00. The summed E-state index contributed by atoms with van der Waals surface area (Å²) in [6.45, 7) is 5.22. The molecule has 0 amide bonds. The first kappa shape index (κ1) is 18.2. The number of pyridine rings is 1. The maximum absolute atomic E-state index is 6.07. The molecule has 0 bridgehead atoms. The highest BCUT2D eigenvalue weighted by molar-refractivity contribution is 5.85. The van der Waals surface area contributed by atoms with Gasteiger partial charge in [0.05, 0.1) is 5.52 Å². The second-order valence-electron chi connectivity index (χ2n) is 5.58. The minimum Gasteiger partial charge on any atom is -0.327 e. The van der Waals surface area contributed by atoms with Crippen LogP contribution in [-0.4, -0.2) is 29.0 Å². The molecule has 0 spiro atoms. The van der Waals surface area contributed by atoms with Crippen LogP contribution in [-0.2, 0) is 6.54 Å². The van der Waals surface area contributed by atoms with E-state index < -0.39 is 0 Å². The van der Waals surface area contributed by atoms with Gasteiger partial charge >= 0.3 is 0 Å². The van der Waals surface area contributed by atoms with Gasteiger partial charge in [-0.25, -0.2) is 0 Å². The monoisotopic (exact) mass is 327 g/mol. The number of nitrogens with zero attached hydrogens (tertiary/aromatic N) is 2. The number of halogens is 2. The molecule has 2 aromatic rings. The average molecular weight is 328 g/mol. The van der Waals surface area contributed by atoms with Crippen LogP contribution in [0.15, 0.2) is 30.3 Å². The molecule has 0 saturated carbocycles. The summed E-state index contributed by atoms with van der Waals surface area (Å²) in [4.78, 5) is 7.07. The summed E-state index contributed by atoms with van der Waals surface area (Å²) < 4.78 is 0. The third-order valence-corrected chi connectivity index (χ3v) is 3.87. The molecule has 1 aliphatic rings. The Hall–Kier alpha value is -0.870. The molecule has 116 valence electrons. The molecule has 21 heavy (non-hydrogen) atoms. The normalized spacial score (nSPS) is 18.9. The number of aryl methyl sites for hydroxylation is 1. The van der Waals surface area contributed by atoms with Crippen molar-refractivity contribution in [2.75, 3.05) is 13.1 Å². The molecule has 0 unspecified atom stereocenters. The van der Waals surface area contributed by atoms with E-state index in [9.17, 15) is 0 Å². The van der Waals surface area contributed by atoms with Gasteiger partial charge in [0.25, 0.3) is 0 Å². The summed E-state index contributed by atoms with van der Waals surface area (Å²) in [5.41, 5.74) is 9.63. The summed E-state index contributed by atoms with van der Waals surface area (Å²) in [7, 11) is 0. The second-order valence-corrected chi connectivity index (χ2v) is 5.58. The number of piperidine rings is 1. The number of rotatable bonds is 2. The van der Waals surface area contributed by atoms with Crippen molar-refractivity contribution < 1.29 is 0 Å². The highest BCUT2D eigenvalue weighted by Gasteiger charge is 2.17. The van der Waals surface area contributed by atoms with Crippen LogP contribution < -0.4 is 5.73 Å². The largest absolute Gasteiger partial charge is 0.327 e. The Labute approximate surface area is 138 Å². The third kappa shape index (κ3) is 4.30. The first-order valence-corrected chi connectivity index (χ1v) is 7.05. The molecule has 3 rings (SSSR count). The van der Waals surface area contributed by atoms with Crippen molar-refractivity contribution in [2.24, 2.45) is 5.73 Å². The Bertz CT molecular complexity index is 589. The number of fused-ring (bicyclic) bond motifs is 1. The average Bonchev–Trinajstić information content (AvgIpc) is 2.38. The lowest BCUT2D eigenvalue weighted by molar-refractivity contribution is 0.202. The zero-order valence-corrected chi connectivity index (χ0v) is 13.9. The van der Waals surface area contributed by atoms with E-state index in [1.165, 1.54) is 17.4 Å². The van der Waals surface area contributed by atoms with Gasteiger partial charge in [-0.15, -0.1) is 24.8 Å². The van der Waals surface area contributed by atoms with Crippen molar-refractivity contribution in [1.82, 2.24) is 9.88 Å². The van der Waals surface area contributed by atoms with E-state index in [1.807, 2.05) is 0 Å². The van der Waals surface area contributed by atoms with E-state index >= 15 is 0 Å². The standard InChI is InChI=1S/C16H21N3.2ClH/c1-12-9-13(10-19-8-4-5-14(17)11-19)15-6-2-3-7-16(15)18-12;;/h2-3,6-7,9,14H,4-5,8,10-11,17H2,1H3;2*1H/t14-;;/m1../s1. The quantitative estimate of drug-likeness (QED) is 0.920. The molecule has 2 N–H and O–H groups in total. The van der Waals surface area contributed by atoms with Crippen molar-refractivity contribution in [2.45, 2.75) is 32.4 Å². The highest BCUT2D eigenvalue weighted by Crippen LogP contribution is 2.21. The summed E-state index contributed by atoms with van der Waals surface area (Å²) in [6.07, 6.45) is 2.37. The van der Waals surface area contributed by atoms with Crippen molar-refractivity contribution in [1.29, 1.82) is 0 Å². The Morgan fingerprint density at radius 1 is 1.29 bits per heavy atom. The SMILES string of the molecule is Cc1cc(CN2CCC[C@@H](N)C2)c2ccccc2n1.Cl.Cl. The van der Waals surface area contributed by atoms with Gasteiger partial charge in [0.2, 0.25) is 0 Å². The highest BCUT2D eigenvalue weighted by atomic mass is 35.5. The first-order valence-electron chi connectivity index (χ1n) is 7.05. The molecule has 2 heterocycles. The van der Waals surface area contributed by atoms with Crippen LogP contribution in [0.2, 0.25) is 0 Å². The number of hydrogen-bond acceptors (Lipinski definition) is 3. The van der Waals surface area contributed by atoms with E-state index in [1.54, 1.807) is 0 Å². The zero-order valence-electron chi connectivity index (χ0n) is 12.3. The van der Waals surface area contributed by atoms with Crippen LogP contribution in [0.25, 0.3) is 10.9 Å². The van der Waals surface area contributed by atoms with Gasteiger partial charge in [0.15, 0.2) is 0 Å². The van der Waals surface area contributed by atoms with Gasteiger partial charge in [-0.3, -0.25) is 9.88 Å². The summed E-state index contributed by atoms with van der Waals surface area (Å²) in [5, 5.41) is 1.27. The van der Waals surface area contributed by atoms with Crippen LogP contribution in [0.4, 0.5) is 0 Å². The first-order chi connectivity index (χ1) is 9.22. The fourth-order valence-electron chi connectivity index (χ4n) is 3.00. The Balaban J connectivity index is 0.00000110.